The molecule has 1 rings (SSSR count). The Bertz CT molecular complexity index is 393. The molecule has 0 heterocycles. The first-order valence-electron chi connectivity index (χ1n) is 6.37. The fourth-order valence-electron chi connectivity index (χ4n) is 1.48. The number of carbonyl (C=O) groups excluding carboxylic acids is 1. The van der Waals surface area contributed by atoms with E-state index in [1.165, 1.54) is 11.8 Å². The normalized spacial score (nSPS) is 13.7. The summed E-state index contributed by atoms with van der Waals surface area (Å²) in [6.45, 7) is 4.46. The van der Waals surface area contributed by atoms with E-state index < -0.39 is 0 Å². The summed E-state index contributed by atoms with van der Waals surface area (Å²) in [5.74, 6) is 0.861. The summed E-state index contributed by atoms with van der Waals surface area (Å²) in [7, 11) is 1.64. The van der Waals surface area contributed by atoms with Gasteiger partial charge in [0.2, 0.25) is 5.91 Å². The summed E-state index contributed by atoms with van der Waals surface area (Å²) >= 11 is 1.53. The molecule has 3 N–H and O–H groups in total. The predicted octanol–water partition coefficient (Wildman–Crippen LogP) is 2.03. The number of benzene rings is 1. The molecule has 106 valence electrons. The number of nitrogens with two attached hydrogens (primary N) is 1. The second-order valence-electron chi connectivity index (χ2n) is 4.49. The van der Waals surface area contributed by atoms with E-state index in [2.05, 4.69) is 5.32 Å². The molecule has 0 aliphatic carbocycles. The van der Waals surface area contributed by atoms with Crippen LogP contribution in [0.2, 0.25) is 0 Å². The van der Waals surface area contributed by atoms with Gasteiger partial charge in [0.25, 0.3) is 0 Å². The Morgan fingerprint density at radius 3 is 2.53 bits per heavy atom. The number of thioether (sulfide) groups is 1. The van der Waals surface area contributed by atoms with Gasteiger partial charge in [0.1, 0.15) is 5.75 Å². The zero-order chi connectivity index (χ0) is 14.3. The molecule has 1 amide bonds. The van der Waals surface area contributed by atoms with Crippen LogP contribution < -0.4 is 15.8 Å². The summed E-state index contributed by atoms with van der Waals surface area (Å²) in [6, 6.07) is 7.81. The van der Waals surface area contributed by atoms with Gasteiger partial charge in [-0.05, 0) is 44.5 Å². The summed E-state index contributed by atoms with van der Waals surface area (Å²) in [5.41, 5.74) is 5.64. The second kappa shape index (κ2) is 8.07. The van der Waals surface area contributed by atoms with E-state index in [4.69, 9.17) is 10.5 Å². The van der Waals surface area contributed by atoms with Gasteiger partial charge in [0.05, 0.1) is 12.4 Å². The van der Waals surface area contributed by atoms with E-state index in [9.17, 15) is 4.79 Å². The van der Waals surface area contributed by atoms with Crippen LogP contribution in [0.5, 0.6) is 5.75 Å². The Balaban J connectivity index is 2.40. The standard InChI is InChI=1S/C14H22N2O2S/c1-10(15)8-9-16-14(17)11(2)19-13-6-4-12(18-3)5-7-13/h4-7,10-11H,8-9,15H2,1-3H3,(H,16,17). The van der Waals surface area contributed by atoms with Crippen molar-refractivity contribution in [1.82, 2.24) is 5.32 Å². The molecule has 0 radical (unpaired) electrons. The van der Waals surface area contributed by atoms with Crippen LogP contribution in [0.1, 0.15) is 20.3 Å². The molecule has 1 aromatic carbocycles. The molecule has 0 spiro atoms. The predicted molar refractivity (Wildman–Crippen MR) is 79.6 cm³/mol. The number of carbonyl (C=O) groups is 1. The molecule has 0 bridgehead atoms. The van der Waals surface area contributed by atoms with Crippen molar-refractivity contribution in [1.29, 1.82) is 0 Å². The minimum Gasteiger partial charge on any atom is -0.497 e. The zero-order valence-electron chi connectivity index (χ0n) is 11.7. The average molecular weight is 282 g/mol. The average Bonchev–Trinajstić information content (AvgIpc) is 2.39. The van der Waals surface area contributed by atoms with Gasteiger partial charge in [0.15, 0.2) is 0 Å². The highest BCUT2D eigenvalue weighted by Crippen LogP contribution is 2.25. The van der Waals surface area contributed by atoms with Crippen molar-refractivity contribution in [2.75, 3.05) is 13.7 Å². The van der Waals surface area contributed by atoms with Gasteiger partial charge in [-0.25, -0.2) is 0 Å². The Kier molecular flexibility index (Phi) is 6.73. The lowest BCUT2D eigenvalue weighted by Gasteiger charge is -2.13. The van der Waals surface area contributed by atoms with Crippen molar-refractivity contribution in [2.24, 2.45) is 5.73 Å². The number of ether oxygens (including phenoxy) is 1. The lowest BCUT2D eigenvalue weighted by atomic mass is 10.2. The van der Waals surface area contributed by atoms with Crippen molar-refractivity contribution >= 4 is 17.7 Å². The van der Waals surface area contributed by atoms with Crippen LogP contribution in [0, 0.1) is 0 Å². The molecule has 1 aromatic rings. The van der Waals surface area contributed by atoms with Gasteiger partial charge < -0.3 is 15.8 Å². The fourth-order valence-corrected chi connectivity index (χ4v) is 2.37. The van der Waals surface area contributed by atoms with Gasteiger partial charge >= 0.3 is 0 Å². The van der Waals surface area contributed by atoms with Gasteiger partial charge in [-0.1, -0.05) is 0 Å². The Morgan fingerprint density at radius 1 is 1.37 bits per heavy atom. The molecule has 0 fully saturated rings. The van der Waals surface area contributed by atoms with E-state index >= 15 is 0 Å². The number of rotatable bonds is 7. The molecule has 0 aliphatic rings. The summed E-state index contributed by atoms with van der Waals surface area (Å²) in [4.78, 5) is 12.9. The molecule has 0 aliphatic heterocycles. The number of methoxy groups -OCH3 is 1. The molecular weight excluding hydrogens is 260 g/mol. The quantitative estimate of drug-likeness (QED) is 0.751. The smallest absolute Gasteiger partial charge is 0.233 e. The van der Waals surface area contributed by atoms with Crippen LogP contribution in [0.4, 0.5) is 0 Å². The highest BCUT2D eigenvalue weighted by molar-refractivity contribution is 8.00. The Morgan fingerprint density at radius 2 is 2.00 bits per heavy atom. The number of hydrogen-bond donors (Lipinski definition) is 2. The van der Waals surface area contributed by atoms with Gasteiger partial charge in [0, 0.05) is 17.5 Å². The van der Waals surface area contributed by atoms with Crippen molar-refractivity contribution < 1.29 is 9.53 Å². The lowest BCUT2D eigenvalue weighted by molar-refractivity contribution is -0.120. The highest BCUT2D eigenvalue weighted by Gasteiger charge is 2.13. The summed E-state index contributed by atoms with van der Waals surface area (Å²) in [6.07, 6.45) is 0.797. The molecule has 19 heavy (non-hydrogen) atoms. The minimum absolute atomic E-state index is 0.0430. The van der Waals surface area contributed by atoms with Crippen LogP contribution in [0.3, 0.4) is 0 Å². The first-order valence-corrected chi connectivity index (χ1v) is 7.25. The van der Waals surface area contributed by atoms with Crippen molar-refractivity contribution in [3.8, 4) is 5.75 Å². The number of hydrogen-bond acceptors (Lipinski definition) is 4. The van der Waals surface area contributed by atoms with E-state index in [1.807, 2.05) is 38.1 Å². The highest BCUT2D eigenvalue weighted by atomic mass is 32.2. The van der Waals surface area contributed by atoms with E-state index in [0.29, 0.717) is 6.54 Å². The first kappa shape index (κ1) is 15.9. The monoisotopic (exact) mass is 282 g/mol. The van der Waals surface area contributed by atoms with Gasteiger partial charge in [-0.2, -0.15) is 0 Å². The fraction of sp³-hybridized carbons (Fsp3) is 0.500. The SMILES string of the molecule is COc1ccc(SC(C)C(=O)NCCC(C)N)cc1. The maximum Gasteiger partial charge on any atom is 0.233 e. The zero-order valence-corrected chi connectivity index (χ0v) is 12.5. The summed E-state index contributed by atoms with van der Waals surface area (Å²) < 4.78 is 5.10. The Labute approximate surface area is 119 Å². The molecule has 0 saturated carbocycles. The summed E-state index contributed by atoms with van der Waals surface area (Å²) in [5, 5.41) is 2.77. The van der Waals surface area contributed by atoms with Crippen LogP contribution in [0.15, 0.2) is 29.2 Å². The third-order valence-electron chi connectivity index (χ3n) is 2.64. The van der Waals surface area contributed by atoms with Crippen LogP contribution in [-0.4, -0.2) is 30.9 Å². The second-order valence-corrected chi connectivity index (χ2v) is 5.91. The third kappa shape index (κ3) is 5.98. The topological polar surface area (TPSA) is 64.3 Å². The molecule has 5 heteroatoms. The van der Waals surface area contributed by atoms with Crippen LogP contribution in [-0.2, 0) is 4.79 Å². The van der Waals surface area contributed by atoms with E-state index in [-0.39, 0.29) is 17.2 Å². The lowest BCUT2D eigenvalue weighted by Crippen LogP contribution is -2.33. The molecule has 4 nitrogen and oxygen atoms in total. The van der Waals surface area contributed by atoms with Crippen LogP contribution in [0.25, 0.3) is 0 Å². The number of nitrogens with one attached hydrogen (secondary N) is 1. The van der Waals surface area contributed by atoms with Gasteiger partial charge in [-0.3, -0.25) is 4.79 Å². The van der Waals surface area contributed by atoms with Crippen molar-refractivity contribution in [3.63, 3.8) is 0 Å². The molecule has 2 atom stereocenters. The molecule has 0 saturated heterocycles. The van der Waals surface area contributed by atoms with E-state index in [1.54, 1.807) is 7.11 Å². The van der Waals surface area contributed by atoms with E-state index in [0.717, 1.165) is 17.1 Å². The number of amides is 1. The first-order chi connectivity index (χ1) is 9.02. The third-order valence-corrected chi connectivity index (χ3v) is 3.75. The van der Waals surface area contributed by atoms with Crippen molar-refractivity contribution in [3.05, 3.63) is 24.3 Å². The maximum absolute atomic E-state index is 11.9. The minimum atomic E-state index is -0.124. The largest absolute Gasteiger partial charge is 0.497 e. The molecule has 2 unspecified atom stereocenters. The Hall–Kier alpha value is -1.20. The molecular formula is C14H22N2O2S. The van der Waals surface area contributed by atoms with Crippen molar-refractivity contribution in [2.45, 2.75) is 36.5 Å². The van der Waals surface area contributed by atoms with Crippen LogP contribution >= 0.6 is 11.8 Å². The maximum atomic E-state index is 11.9. The molecule has 0 aromatic heterocycles. The van der Waals surface area contributed by atoms with Gasteiger partial charge in [-0.15, -0.1) is 11.8 Å².